The zero-order chi connectivity index (χ0) is 15.9. The van der Waals surface area contributed by atoms with Crippen LogP contribution in [0.5, 0.6) is 0 Å². The highest BCUT2D eigenvalue weighted by atomic mass is 127. The molecule has 5 heteroatoms. The molecule has 0 amide bonds. The second-order valence-electron chi connectivity index (χ2n) is 6.34. The van der Waals surface area contributed by atoms with Gasteiger partial charge in [0, 0.05) is 25.0 Å². The van der Waals surface area contributed by atoms with Crippen molar-refractivity contribution in [3.8, 4) is 0 Å². The maximum absolute atomic E-state index is 6.01. The Hall–Kier alpha value is -0.820. The molecule has 0 spiro atoms. The molecule has 0 aromatic heterocycles. The lowest BCUT2D eigenvalue weighted by atomic mass is 10.0. The molecule has 1 aliphatic heterocycles. The monoisotopic (exact) mass is 430 g/mol. The van der Waals surface area contributed by atoms with E-state index in [1.165, 1.54) is 30.5 Å². The van der Waals surface area contributed by atoms with Crippen LogP contribution in [0.2, 0.25) is 0 Å². The van der Waals surface area contributed by atoms with Gasteiger partial charge < -0.3 is 11.1 Å². The third-order valence-corrected chi connectivity index (χ3v) is 4.61. The van der Waals surface area contributed by atoms with Crippen LogP contribution in [-0.4, -0.2) is 43.1 Å². The third-order valence-electron chi connectivity index (χ3n) is 4.61. The fourth-order valence-corrected chi connectivity index (χ4v) is 3.06. The molecular formula is C18H31IN4. The number of halogens is 1. The van der Waals surface area contributed by atoms with Gasteiger partial charge >= 0.3 is 0 Å². The Bertz CT molecular complexity index is 486. The summed E-state index contributed by atoms with van der Waals surface area (Å²) in [6.07, 6.45) is 2.55. The fraction of sp³-hybridized carbons (Fsp3) is 0.611. The van der Waals surface area contributed by atoms with Gasteiger partial charge in [-0.25, -0.2) is 0 Å². The van der Waals surface area contributed by atoms with Gasteiger partial charge in [-0.2, -0.15) is 0 Å². The summed E-state index contributed by atoms with van der Waals surface area (Å²) in [5.74, 6) is 0.960. The molecule has 0 bridgehead atoms. The maximum Gasteiger partial charge on any atom is 0.188 e. The van der Waals surface area contributed by atoms with E-state index in [1.54, 1.807) is 0 Å². The van der Waals surface area contributed by atoms with E-state index in [4.69, 9.17) is 5.73 Å². The molecule has 1 aliphatic rings. The number of benzene rings is 1. The summed E-state index contributed by atoms with van der Waals surface area (Å²) in [5.41, 5.74) is 8.61. The van der Waals surface area contributed by atoms with Crippen LogP contribution in [0, 0.1) is 6.92 Å². The Morgan fingerprint density at radius 2 is 2.09 bits per heavy atom. The largest absolute Gasteiger partial charge is 0.370 e. The number of nitrogens with two attached hydrogens (primary N) is 1. The summed E-state index contributed by atoms with van der Waals surface area (Å²) in [5, 5.41) is 3.29. The van der Waals surface area contributed by atoms with E-state index in [9.17, 15) is 0 Å². The van der Waals surface area contributed by atoms with Crippen molar-refractivity contribution in [1.29, 1.82) is 0 Å². The van der Waals surface area contributed by atoms with Crippen molar-refractivity contribution in [2.45, 2.75) is 45.6 Å². The van der Waals surface area contributed by atoms with E-state index in [2.05, 4.69) is 60.2 Å². The molecule has 2 unspecified atom stereocenters. The second-order valence-corrected chi connectivity index (χ2v) is 6.34. The van der Waals surface area contributed by atoms with Gasteiger partial charge in [-0.1, -0.05) is 43.7 Å². The van der Waals surface area contributed by atoms with E-state index < -0.39 is 0 Å². The molecule has 2 atom stereocenters. The molecule has 130 valence electrons. The third kappa shape index (κ3) is 6.30. The summed E-state index contributed by atoms with van der Waals surface area (Å²) < 4.78 is 0. The standard InChI is InChI=1S/C18H30N4.HI/c1-4-22-11-5-6-17(22)13-21-18(19)20-12-15(3)16-9-7-14(2)8-10-16;/h7-10,15,17H,4-6,11-13H2,1-3H3,(H3,19,20,21);1H. The van der Waals surface area contributed by atoms with Crippen LogP contribution in [0.4, 0.5) is 0 Å². The van der Waals surface area contributed by atoms with Gasteiger partial charge in [-0.05, 0) is 38.4 Å². The lowest BCUT2D eigenvalue weighted by Crippen LogP contribution is -2.42. The van der Waals surface area contributed by atoms with Gasteiger partial charge in [0.2, 0.25) is 0 Å². The number of guanidine groups is 1. The summed E-state index contributed by atoms with van der Waals surface area (Å²) in [4.78, 5) is 7.01. The topological polar surface area (TPSA) is 53.6 Å². The molecule has 0 aliphatic carbocycles. The van der Waals surface area contributed by atoms with E-state index >= 15 is 0 Å². The molecule has 0 radical (unpaired) electrons. The lowest BCUT2D eigenvalue weighted by Gasteiger charge is -2.23. The van der Waals surface area contributed by atoms with Crippen LogP contribution >= 0.6 is 24.0 Å². The number of aliphatic imine (C=N–C) groups is 1. The van der Waals surface area contributed by atoms with Gasteiger partial charge in [-0.15, -0.1) is 24.0 Å². The maximum atomic E-state index is 6.01. The summed E-state index contributed by atoms with van der Waals surface area (Å²) in [7, 11) is 0. The molecule has 1 aromatic rings. The fourth-order valence-electron chi connectivity index (χ4n) is 3.06. The first kappa shape index (κ1) is 20.2. The van der Waals surface area contributed by atoms with Crippen LogP contribution in [-0.2, 0) is 0 Å². The Labute approximate surface area is 157 Å². The average molecular weight is 430 g/mol. The molecule has 1 aromatic carbocycles. The normalized spacial score (nSPS) is 20.1. The number of hydrogen-bond donors (Lipinski definition) is 2. The van der Waals surface area contributed by atoms with Crippen molar-refractivity contribution >= 4 is 29.9 Å². The van der Waals surface area contributed by atoms with Crippen molar-refractivity contribution in [3.05, 3.63) is 35.4 Å². The van der Waals surface area contributed by atoms with E-state index in [1.807, 2.05) is 0 Å². The number of likely N-dealkylation sites (tertiary alicyclic amines) is 1. The Kier molecular flexibility index (Phi) is 8.91. The first-order valence-electron chi connectivity index (χ1n) is 8.44. The Morgan fingerprint density at radius 3 is 2.74 bits per heavy atom. The molecule has 1 heterocycles. The second kappa shape index (κ2) is 10.1. The molecular weight excluding hydrogens is 399 g/mol. The predicted molar refractivity (Wildman–Crippen MR) is 110 cm³/mol. The van der Waals surface area contributed by atoms with Gasteiger partial charge in [0.1, 0.15) is 0 Å². The van der Waals surface area contributed by atoms with Crippen molar-refractivity contribution in [3.63, 3.8) is 0 Å². The minimum atomic E-state index is 0. The van der Waals surface area contributed by atoms with E-state index in [-0.39, 0.29) is 24.0 Å². The molecule has 4 nitrogen and oxygen atoms in total. The van der Waals surface area contributed by atoms with Crippen LogP contribution in [0.1, 0.15) is 43.7 Å². The molecule has 1 saturated heterocycles. The number of nitrogens with one attached hydrogen (secondary N) is 1. The van der Waals surface area contributed by atoms with Crippen LogP contribution in [0.25, 0.3) is 0 Å². The minimum Gasteiger partial charge on any atom is -0.370 e. The van der Waals surface area contributed by atoms with E-state index in [0.29, 0.717) is 17.9 Å². The van der Waals surface area contributed by atoms with Gasteiger partial charge in [0.15, 0.2) is 5.96 Å². The molecule has 2 rings (SSSR count). The van der Waals surface area contributed by atoms with Crippen molar-refractivity contribution < 1.29 is 0 Å². The first-order valence-corrected chi connectivity index (χ1v) is 8.44. The number of hydrogen-bond acceptors (Lipinski definition) is 2. The average Bonchev–Trinajstić information content (AvgIpc) is 2.98. The van der Waals surface area contributed by atoms with Gasteiger partial charge in [0.05, 0.1) is 0 Å². The Balaban J connectivity index is 0.00000264. The highest BCUT2D eigenvalue weighted by Gasteiger charge is 2.22. The number of rotatable bonds is 6. The number of aryl methyl sites for hydroxylation is 1. The van der Waals surface area contributed by atoms with Gasteiger partial charge in [-0.3, -0.25) is 9.89 Å². The molecule has 3 N–H and O–H groups in total. The molecule has 0 saturated carbocycles. The summed E-state index contributed by atoms with van der Waals surface area (Å²) >= 11 is 0. The van der Waals surface area contributed by atoms with Crippen molar-refractivity contribution in [2.75, 3.05) is 26.2 Å². The zero-order valence-electron chi connectivity index (χ0n) is 14.6. The lowest BCUT2D eigenvalue weighted by molar-refractivity contribution is 0.267. The molecule has 23 heavy (non-hydrogen) atoms. The predicted octanol–water partition coefficient (Wildman–Crippen LogP) is 3.11. The highest BCUT2D eigenvalue weighted by molar-refractivity contribution is 14.0. The summed E-state index contributed by atoms with van der Waals surface area (Å²) in [6.45, 7) is 10.5. The Morgan fingerprint density at radius 1 is 1.39 bits per heavy atom. The SMILES string of the molecule is CCN1CCCC1CNC(N)=NCC(C)c1ccc(C)cc1.I. The first-order chi connectivity index (χ1) is 10.6. The number of likely N-dealkylation sites (N-methyl/N-ethyl adjacent to an activating group) is 1. The highest BCUT2D eigenvalue weighted by Crippen LogP contribution is 2.16. The number of nitrogens with zero attached hydrogens (tertiary/aromatic N) is 2. The van der Waals surface area contributed by atoms with Crippen LogP contribution in [0.3, 0.4) is 0 Å². The van der Waals surface area contributed by atoms with Crippen molar-refractivity contribution in [1.82, 2.24) is 10.2 Å². The quantitative estimate of drug-likeness (QED) is 0.414. The van der Waals surface area contributed by atoms with E-state index in [0.717, 1.165) is 19.6 Å². The minimum absolute atomic E-state index is 0. The zero-order valence-corrected chi connectivity index (χ0v) is 16.9. The van der Waals surface area contributed by atoms with Crippen LogP contribution in [0.15, 0.2) is 29.3 Å². The smallest absolute Gasteiger partial charge is 0.188 e. The van der Waals surface area contributed by atoms with Crippen LogP contribution < -0.4 is 11.1 Å². The van der Waals surface area contributed by atoms with Crippen molar-refractivity contribution in [2.24, 2.45) is 10.7 Å². The summed E-state index contributed by atoms with van der Waals surface area (Å²) in [6, 6.07) is 9.26. The van der Waals surface area contributed by atoms with Gasteiger partial charge in [0.25, 0.3) is 0 Å². The molecule has 1 fully saturated rings.